The van der Waals surface area contributed by atoms with Crippen LogP contribution in [0.2, 0.25) is 0 Å². The Morgan fingerprint density at radius 3 is 2.50 bits per heavy atom. The number of hydrogen-bond acceptors (Lipinski definition) is 6. The zero-order valence-electron chi connectivity index (χ0n) is 18.7. The number of pyridine rings is 1. The molecule has 0 bridgehead atoms. The molecule has 0 radical (unpaired) electrons. The van der Waals surface area contributed by atoms with Gasteiger partial charge in [-0.1, -0.05) is 25.5 Å². The van der Waals surface area contributed by atoms with Crippen LogP contribution in [0.4, 0.5) is 18.9 Å². The fourth-order valence-corrected chi connectivity index (χ4v) is 5.02. The van der Waals surface area contributed by atoms with Crippen molar-refractivity contribution in [3.05, 3.63) is 51.8 Å². The van der Waals surface area contributed by atoms with E-state index in [1.807, 2.05) is 24.3 Å². The van der Waals surface area contributed by atoms with Crippen molar-refractivity contribution in [1.82, 2.24) is 4.98 Å². The number of aromatic nitrogens is 1. The number of hydrogen-bond donors (Lipinski definition) is 2. The van der Waals surface area contributed by atoms with Gasteiger partial charge in [-0.15, -0.1) is 0 Å². The van der Waals surface area contributed by atoms with Crippen LogP contribution in [0.25, 0.3) is 11.3 Å². The van der Waals surface area contributed by atoms with Gasteiger partial charge in [0.05, 0.1) is 5.69 Å². The van der Waals surface area contributed by atoms with E-state index in [2.05, 4.69) is 14.6 Å². The highest BCUT2D eigenvalue weighted by molar-refractivity contribution is 5.98. The summed E-state index contributed by atoms with van der Waals surface area (Å²) in [4.78, 5) is 40.3. The fraction of sp³-hybridized carbons (Fsp3) is 0.458. The van der Waals surface area contributed by atoms with E-state index >= 15 is 0 Å². The van der Waals surface area contributed by atoms with E-state index in [9.17, 15) is 27.6 Å². The molecule has 0 spiro atoms. The number of nitrogens with one attached hydrogen (secondary N) is 1. The molecule has 34 heavy (non-hydrogen) atoms. The number of ether oxygens (including phenoxy) is 1. The molecule has 1 saturated heterocycles. The number of aromatic amines is 1. The lowest BCUT2D eigenvalue weighted by Crippen LogP contribution is -2.38. The molecule has 0 unspecified atom stereocenters. The Hall–Kier alpha value is -3.14. The molecule has 1 aliphatic carbocycles. The Balaban J connectivity index is 1.55. The molecule has 0 amide bonds. The molecule has 7 nitrogen and oxygen atoms in total. The Labute approximate surface area is 194 Å². The van der Waals surface area contributed by atoms with Gasteiger partial charge in [0.15, 0.2) is 0 Å². The molecule has 3 N–H and O–H groups in total. The number of carbonyl (C=O) groups excluding carboxylic acids is 2. The molecule has 10 heteroatoms. The van der Waals surface area contributed by atoms with Crippen molar-refractivity contribution in [3.8, 4) is 11.3 Å². The van der Waals surface area contributed by atoms with Crippen molar-refractivity contribution < 1.29 is 27.5 Å². The average molecular weight is 477 g/mol. The van der Waals surface area contributed by atoms with Gasteiger partial charge in [-0.2, -0.15) is 13.2 Å². The number of rotatable bonds is 4. The number of benzene rings is 1. The van der Waals surface area contributed by atoms with Gasteiger partial charge in [-0.3, -0.25) is 4.79 Å². The predicted molar refractivity (Wildman–Crippen MR) is 119 cm³/mol. The SMILES string of the molecule is CCc1cc(C(=O)OC(=O)C(F)(F)F)c(=O)[nH]c1-c1ccc(N2C[C@H]3CCC[C@@H](N)[C@H]3C2)cc1. The molecule has 2 aliphatic rings. The molecule has 1 aromatic carbocycles. The number of alkyl halides is 3. The average Bonchev–Trinajstić information content (AvgIpc) is 3.24. The van der Waals surface area contributed by atoms with Crippen molar-refractivity contribution in [3.63, 3.8) is 0 Å². The number of fused-ring (bicyclic) bond motifs is 1. The van der Waals surface area contributed by atoms with E-state index in [0.29, 0.717) is 35.1 Å². The van der Waals surface area contributed by atoms with Gasteiger partial charge >= 0.3 is 18.1 Å². The molecule has 3 atom stereocenters. The van der Waals surface area contributed by atoms with Crippen LogP contribution in [0, 0.1) is 11.8 Å². The number of carbonyl (C=O) groups is 2. The fourth-order valence-electron chi connectivity index (χ4n) is 5.02. The molecule has 1 aromatic heterocycles. The molecule has 1 saturated carbocycles. The first-order chi connectivity index (χ1) is 16.1. The van der Waals surface area contributed by atoms with Gasteiger partial charge in [0.25, 0.3) is 5.56 Å². The third-order valence-corrected chi connectivity index (χ3v) is 6.82. The van der Waals surface area contributed by atoms with Crippen molar-refractivity contribution in [2.45, 2.75) is 44.8 Å². The Bertz CT molecular complexity index is 1140. The first-order valence-corrected chi connectivity index (χ1v) is 11.3. The maximum atomic E-state index is 12.4. The van der Waals surface area contributed by atoms with Gasteiger partial charge in [-0.05, 0) is 60.4 Å². The largest absolute Gasteiger partial charge is 0.491 e. The zero-order valence-corrected chi connectivity index (χ0v) is 18.7. The summed E-state index contributed by atoms with van der Waals surface area (Å²) in [5, 5.41) is 0. The maximum absolute atomic E-state index is 12.4. The summed E-state index contributed by atoms with van der Waals surface area (Å²) >= 11 is 0. The van der Waals surface area contributed by atoms with Crippen LogP contribution in [-0.2, 0) is 16.0 Å². The van der Waals surface area contributed by atoms with Crippen LogP contribution in [0.5, 0.6) is 0 Å². The molecule has 2 fully saturated rings. The molecule has 182 valence electrons. The van der Waals surface area contributed by atoms with Crippen LogP contribution in [0.1, 0.15) is 42.1 Å². The van der Waals surface area contributed by atoms with Gasteiger partial charge in [0.2, 0.25) is 0 Å². The Morgan fingerprint density at radius 2 is 1.88 bits per heavy atom. The standard InChI is InChI=1S/C24H26F3N3O4/c1-2-13-10-17(22(32)34-23(33)24(25,26)27)21(31)29-20(13)14-6-8-16(9-7-14)30-11-15-4-3-5-19(28)18(15)12-30/h6-10,15,18-19H,2-5,11-12,28H2,1H3,(H,29,31)/t15-,18+,19-/m1/s1. The van der Waals surface area contributed by atoms with Gasteiger partial charge in [0, 0.05) is 24.8 Å². The van der Waals surface area contributed by atoms with Crippen LogP contribution in [-0.4, -0.2) is 42.2 Å². The highest BCUT2D eigenvalue weighted by atomic mass is 19.4. The molecule has 2 aromatic rings. The minimum Gasteiger partial charge on any atom is -0.382 e. The molecule has 4 rings (SSSR count). The Kier molecular flexibility index (Phi) is 6.53. The summed E-state index contributed by atoms with van der Waals surface area (Å²) in [6, 6.07) is 9.03. The van der Waals surface area contributed by atoms with Crippen molar-refractivity contribution in [2.75, 3.05) is 18.0 Å². The number of H-pyrrole nitrogens is 1. The first kappa shape index (κ1) is 24.0. The minimum atomic E-state index is -5.34. The number of anilines is 1. The van der Waals surface area contributed by atoms with Gasteiger partial charge in [-0.25, -0.2) is 9.59 Å². The highest BCUT2D eigenvalue weighted by Crippen LogP contribution is 2.38. The third kappa shape index (κ3) is 4.72. The summed E-state index contributed by atoms with van der Waals surface area (Å²) in [6.45, 7) is 3.65. The van der Waals surface area contributed by atoms with E-state index in [0.717, 1.165) is 31.6 Å². The quantitative estimate of drug-likeness (QED) is 0.517. The van der Waals surface area contributed by atoms with E-state index in [1.54, 1.807) is 6.92 Å². The Morgan fingerprint density at radius 1 is 1.18 bits per heavy atom. The second-order valence-electron chi connectivity index (χ2n) is 8.91. The summed E-state index contributed by atoms with van der Waals surface area (Å²) in [7, 11) is 0. The van der Waals surface area contributed by atoms with Crippen molar-refractivity contribution in [2.24, 2.45) is 17.6 Å². The van der Waals surface area contributed by atoms with E-state index in [1.165, 1.54) is 12.5 Å². The van der Waals surface area contributed by atoms with Crippen molar-refractivity contribution >= 4 is 17.6 Å². The number of nitrogens with two attached hydrogens (primary N) is 1. The van der Waals surface area contributed by atoms with Crippen LogP contribution >= 0.6 is 0 Å². The smallest absolute Gasteiger partial charge is 0.382 e. The van der Waals surface area contributed by atoms with Gasteiger partial charge in [0.1, 0.15) is 5.56 Å². The first-order valence-electron chi connectivity index (χ1n) is 11.3. The van der Waals surface area contributed by atoms with Crippen LogP contribution in [0.15, 0.2) is 35.1 Å². The lowest BCUT2D eigenvalue weighted by atomic mass is 9.78. The minimum absolute atomic E-state index is 0.233. The number of esters is 2. The summed E-state index contributed by atoms with van der Waals surface area (Å²) in [5.41, 5.74) is 7.45. The second kappa shape index (κ2) is 9.25. The molecular weight excluding hydrogens is 451 g/mol. The number of halogens is 3. The lowest BCUT2D eigenvalue weighted by molar-refractivity contribution is -0.193. The summed E-state index contributed by atoms with van der Waals surface area (Å²) in [6.07, 6.45) is -1.53. The monoisotopic (exact) mass is 477 g/mol. The predicted octanol–water partition coefficient (Wildman–Crippen LogP) is 3.41. The maximum Gasteiger partial charge on any atom is 0.491 e. The lowest BCUT2D eigenvalue weighted by Gasteiger charge is -2.29. The second-order valence-corrected chi connectivity index (χ2v) is 8.91. The van der Waals surface area contributed by atoms with Crippen molar-refractivity contribution in [1.29, 1.82) is 0 Å². The molecular formula is C24H26F3N3O4. The van der Waals surface area contributed by atoms with E-state index < -0.39 is 29.2 Å². The van der Waals surface area contributed by atoms with Crippen LogP contribution in [0.3, 0.4) is 0 Å². The number of nitrogens with zero attached hydrogens (tertiary/aromatic N) is 1. The summed E-state index contributed by atoms with van der Waals surface area (Å²) < 4.78 is 41.0. The third-order valence-electron chi connectivity index (χ3n) is 6.82. The highest BCUT2D eigenvalue weighted by Gasteiger charge is 2.43. The number of aryl methyl sites for hydroxylation is 1. The normalized spacial score (nSPS) is 22.4. The van der Waals surface area contributed by atoms with Crippen LogP contribution < -0.4 is 16.2 Å². The van der Waals surface area contributed by atoms with E-state index in [-0.39, 0.29) is 6.04 Å². The van der Waals surface area contributed by atoms with E-state index in [4.69, 9.17) is 5.73 Å². The summed E-state index contributed by atoms with van der Waals surface area (Å²) in [5.74, 6) is -3.22. The topological polar surface area (TPSA) is 105 Å². The molecule has 1 aliphatic heterocycles. The molecule has 2 heterocycles. The van der Waals surface area contributed by atoms with Gasteiger partial charge < -0.3 is 20.4 Å². The zero-order chi connectivity index (χ0) is 24.6.